The minimum atomic E-state index is -4.66. The Morgan fingerprint density at radius 1 is 1.32 bits per heavy atom. The molecule has 7 heteroatoms. The van der Waals surface area contributed by atoms with Gasteiger partial charge in [0, 0.05) is 6.04 Å². The van der Waals surface area contributed by atoms with Crippen LogP contribution in [0.4, 0.5) is 17.6 Å². The molecular weight excluding hydrogens is 300 g/mol. The lowest BCUT2D eigenvalue weighted by Gasteiger charge is -2.26. The zero-order valence-corrected chi connectivity index (χ0v) is 11.7. The molecule has 1 saturated carbocycles. The normalized spacial score (nSPS) is 15.6. The lowest BCUT2D eigenvalue weighted by Crippen LogP contribution is -2.39. The number of nitriles is 1. The molecule has 0 aliphatic heterocycles. The third-order valence-electron chi connectivity index (χ3n) is 3.79. The van der Waals surface area contributed by atoms with Gasteiger partial charge < -0.3 is 4.90 Å². The zero-order chi connectivity index (χ0) is 16.3. The first kappa shape index (κ1) is 16.3. The van der Waals surface area contributed by atoms with Crippen molar-refractivity contribution in [2.24, 2.45) is 0 Å². The fourth-order valence-corrected chi connectivity index (χ4v) is 2.68. The van der Waals surface area contributed by atoms with Crippen molar-refractivity contribution in [1.82, 2.24) is 4.90 Å². The lowest BCUT2D eigenvalue weighted by atomic mass is 10.1. The van der Waals surface area contributed by atoms with Crippen molar-refractivity contribution in [3.05, 3.63) is 35.1 Å². The fourth-order valence-electron chi connectivity index (χ4n) is 2.68. The standard InChI is InChI=1S/C15H14F4N2O/c16-13-6-5-10(15(17,18)19)9-12(13)14(22)21(8-7-20)11-3-1-2-4-11/h5-6,9,11H,1-4,8H2. The predicted octanol–water partition coefficient (Wildman–Crippen LogP) is 3.75. The summed E-state index contributed by atoms with van der Waals surface area (Å²) < 4.78 is 51.9. The zero-order valence-electron chi connectivity index (χ0n) is 11.7. The molecule has 3 nitrogen and oxygen atoms in total. The minimum Gasteiger partial charge on any atom is -0.322 e. The second-order valence-electron chi connectivity index (χ2n) is 5.22. The Bertz CT molecular complexity index is 601. The maximum atomic E-state index is 13.8. The van der Waals surface area contributed by atoms with Crippen molar-refractivity contribution in [2.45, 2.75) is 37.9 Å². The van der Waals surface area contributed by atoms with E-state index in [0.29, 0.717) is 31.0 Å². The Labute approximate surface area is 125 Å². The number of hydrogen-bond donors (Lipinski definition) is 0. The molecule has 0 atom stereocenters. The van der Waals surface area contributed by atoms with Crippen molar-refractivity contribution in [1.29, 1.82) is 5.26 Å². The van der Waals surface area contributed by atoms with Gasteiger partial charge >= 0.3 is 6.18 Å². The molecular formula is C15H14F4N2O. The summed E-state index contributed by atoms with van der Waals surface area (Å²) in [6.07, 6.45) is -1.55. The van der Waals surface area contributed by atoms with Crippen molar-refractivity contribution >= 4 is 5.91 Å². The quantitative estimate of drug-likeness (QED) is 0.630. The maximum Gasteiger partial charge on any atom is 0.416 e. The summed E-state index contributed by atoms with van der Waals surface area (Å²) >= 11 is 0. The highest BCUT2D eigenvalue weighted by Gasteiger charge is 2.34. The number of amides is 1. The van der Waals surface area contributed by atoms with Crippen molar-refractivity contribution in [3.8, 4) is 6.07 Å². The summed E-state index contributed by atoms with van der Waals surface area (Å²) in [7, 11) is 0. The van der Waals surface area contributed by atoms with Crippen LogP contribution < -0.4 is 0 Å². The second-order valence-corrected chi connectivity index (χ2v) is 5.22. The number of benzene rings is 1. The summed E-state index contributed by atoms with van der Waals surface area (Å²) in [5.41, 5.74) is -1.72. The molecule has 1 fully saturated rings. The lowest BCUT2D eigenvalue weighted by molar-refractivity contribution is -0.137. The molecule has 0 unspecified atom stereocenters. The summed E-state index contributed by atoms with van der Waals surface area (Å²) in [5.74, 6) is -1.88. The first-order valence-corrected chi connectivity index (χ1v) is 6.89. The highest BCUT2D eigenvalue weighted by Crippen LogP contribution is 2.31. The van der Waals surface area contributed by atoms with Crippen LogP contribution in [0.15, 0.2) is 18.2 Å². The van der Waals surface area contributed by atoms with Gasteiger partial charge in [-0.1, -0.05) is 12.8 Å². The van der Waals surface area contributed by atoms with Gasteiger partial charge in [-0.25, -0.2) is 4.39 Å². The van der Waals surface area contributed by atoms with E-state index in [1.165, 1.54) is 4.90 Å². The summed E-state index contributed by atoms with van der Waals surface area (Å²) in [5, 5.41) is 8.83. The van der Waals surface area contributed by atoms with Crippen molar-refractivity contribution < 1.29 is 22.4 Å². The predicted molar refractivity (Wildman–Crippen MR) is 70.3 cm³/mol. The van der Waals surface area contributed by atoms with Gasteiger partial charge in [-0.3, -0.25) is 4.79 Å². The van der Waals surface area contributed by atoms with Gasteiger partial charge in [0.25, 0.3) is 5.91 Å². The molecule has 1 aromatic rings. The Balaban J connectivity index is 2.35. The molecule has 0 N–H and O–H groups in total. The molecule has 2 rings (SSSR count). The van der Waals surface area contributed by atoms with Crippen LogP contribution in [0.3, 0.4) is 0 Å². The van der Waals surface area contributed by atoms with Crippen molar-refractivity contribution in [3.63, 3.8) is 0 Å². The summed E-state index contributed by atoms with van der Waals surface area (Å²) in [6.45, 7) is -0.265. The highest BCUT2D eigenvalue weighted by atomic mass is 19.4. The number of nitrogens with zero attached hydrogens (tertiary/aromatic N) is 2. The van der Waals surface area contributed by atoms with E-state index in [2.05, 4.69) is 0 Å². The van der Waals surface area contributed by atoms with E-state index in [0.717, 1.165) is 12.8 Å². The van der Waals surface area contributed by atoms with Gasteiger partial charge in [0.05, 0.1) is 17.2 Å². The number of hydrogen-bond acceptors (Lipinski definition) is 2. The van der Waals surface area contributed by atoms with Crippen LogP contribution in [0.2, 0.25) is 0 Å². The Morgan fingerprint density at radius 2 is 1.95 bits per heavy atom. The first-order chi connectivity index (χ1) is 10.3. The molecule has 1 aliphatic carbocycles. The smallest absolute Gasteiger partial charge is 0.322 e. The number of carbonyl (C=O) groups excluding carboxylic acids is 1. The molecule has 1 aliphatic rings. The molecule has 118 valence electrons. The van der Waals surface area contributed by atoms with Gasteiger partial charge in [-0.2, -0.15) is 18.4 Å². The van der Waals surface area contributed by atoms with Crippen LogP contribution in [-0.4, -0.2) is 23.4 Å². The van der Waals surface area contributed by atoms with Crippen LogP contribution in [0, 0.1) is 17.1 Å². The molecule has 1 amide bonds. The average Bonchev–Trinajstić information content (AvgIpc) is 2.97. The molecule has 0 spiro atoms. The van der Waals surface area contributed by atoms with Gasteiger partial charge in [0.15, 0.2) is 0 Å². The van der Waals surface area contributed by atoms with E-state index in [9.17, 15) is 22.4 Å². The number of halogens is 4. The number of alkyl halides is 3. The highest BCUT2D eigenvalue weighted by molar-refractivity contribution is 5.95. The number of rotatable bonds is 3. The molecule has 0 radical (unpaired) electrons. The van der Waals surface area contributed by atoms with Gasteiger partial charge in [-0.05, 0) is 31.0 Å². The van der Waals surface area contributed by atoms with Crippen LogP contribution >= 0.6 is 0 Å². The number of carbonyl (C=O) groups is 1. The molecule has 22 heavy (non-hydrogen) atoms. The van der Waals surface area contributed by atoms with E-state index in [-0.39, 0.29) is 12.6 Å². The fraction of sp³-hybridized carbons (Fsp3) is 0.467. The summed E-state index contributed by atoms with van der Waals surface area (Å²) in [6, 6.07) is 3.34. The molecule has 1 aromatic carbocycles. The van der Waals surface area contributed by atoms with Crippen LogP contribution in [0.5, 0.6) is 0 Å². The van der Waals surface area contributed by atoms with E-state index < -0.39 is 29.0 Å². The Morgan fingerprint density at radius 3 is 2.50 bits per heavy atom. The van der Waals surface area contributed by atoms with E-state index in [1.807, 2.05) is 6.07 Å². The Kier molecular flexibility index (Phi) is 4.69. The largest absolute Gasteiger partial charge is 0.416 e. The Hall–Kier alpha value is -2.10. The third-order valence-corrected chi connectivity index (χ3v) is 3.79. The molecule has 0 aromatic heterocycles. The van der Waals surface area contributed by atoms with Crippen LogP contribution in [-0.2, 0) is 6.18 Å². The minimum absolute atomic E-state index is 0.221. The van der Waals surface area contributed by atoms with Gasteiger partial charge in [-0.15, -0.1) is 0 Å². The van der Waals surface area contributed by atoms with E-state index >= 15 is 0 Å². The monoisotopic (exact) mass is 314 g/mol. The third kappa shape index (κ3) is 3.38. The topological polar surface area (TPSA) is 44.1 Å². The van der Waals surface area contributed by atoms with Gasteiger partial charge in [0.2, 0.25) is 0 Å². The van der Waals surface area contributed by atoms with E-state index in [1.54, 1.807) is 0 Å². The average molecular weight is 314 g/mol. The van der Waals surface area contributed by atoms with Crippen LogP contribution in [0.25, 0.3) is 0 Å². The SMILES string of the molecule is N#CCN(C(=O)c1cc(C(F)(F)F)ccc1F)C1CCCC1. The molecule has 0 saturated heterocycles. The molecule has 0 heterocycles. The van der Waals surface area contributed by atoms with Crippen LogP contribution in [0.1, 0.15) is 41.6 Å². The van der Waals surface area contributed by atoms with E-state index in [4.69, 9.17) is 5.26 Å². The maximum absolute atomic E-state index is 13.8. The second kappa shape index (κ2) is 6.34. The van der Waals surface area contributed by atoms with Gasteiger partial charge in [0.1, 0.15) is 12.4 Å². The molecule has 0 bridgehead atoms. The van der Waals surface area contributed by atoms with Crippen molar-refractivity contribution in [2.75, 3.05) is 6.54 Å². The summed E-state index contributed by atoms with van der Waals surface area (Å²) in [4.78, 5) is 13.6. The first-order valence-electron chi connectivity index (χ1n) is 6.89.